The second-order valence-corrected chi connectivity index (χ2v) is 8.54. The smallest absolute Gasteiger partial charge is 0.290 e. The minimum absolute atomic E-state index is 0.0523. The third-order valence-electron chi connectivity index (χ3n) is 6.24. The molecule has 1 heterocycles. The van der Waals surface area contributed by atoms with Gasteiger partial charge in [0, 0.05) is 12.6 Å². The molecule has 2 aromatic carbocycles. The highest BCUT2D eigenvalue weighted by Crippen LogP contribution is 2.34. The van der Waals surface area contributed by atoms with E-state index in [0.717, 1.165) is 25.7 Å². The zero-order valence-electron chi connectivity index (χ0n) is 19.8. The average Bonchev–Trinajstić information content (AvgIpc) is 3.59. The van der Waals surface area contributed by atoms with Crippen molar-refractivity contribution in [2.24, 2.45) is 0 Å². The fourth-order valence-corrected chi connectivity index (χ4v) is 4.45. The number of methoxy groups -OCH3 is 2. The Labute approximate surface area is 203 Å². The van der Waals surface area contributed by atoms with E-state index in [-0.39, 0.29) is 30.1 Å². The van der Waals surface area contributed by atoms with E-state index in [1.165, 1.54) is 37.5 Å². The van der Waals surface area contributed by atoms with Crippen molar-refractivity contribution in [3.05, 3.63) is 83.6 Å². The third-order valence-corrected chi connectivity index (χ3v) is 6.24. The van der Waals surface area contributed by atoms with E-state index in [4.69, 9.17) is 13.9 Å². The molecule has 1 atom stereocenters. The number of nitrogens with one attached hydrogen (secondary N) is 1. The second kappa shape index (κ2) is 11.1. The first kappa shape index (κ1) is 24.3. The molecular weight excluding hydrogens is 451 g/mol. The minimum Gasteiger partial charge on any atom is -0.493 e. The Bertz CT molecular complexity index is 1140. The maximum Gasteiger partial charge on any atom is 0.290 e. The van der Waals surface area contributed by atoms with Crippen LogP contribution in [0.4, 0.5) is 4.39 Å². The van der Waals surface area contributed by atoms with Crippen LogP contribution in [0.25, 0.3) is 0 Å². The summed E-state index contributed by atoms with van der Waals surface area (Å²) in [6.07, 6.45) is 5.31. The second-order valence-electron chi connectivity index (χ2n) is 8.54. The lowest BCUT2D eigenvalue weighted by Crippen LogP contribution is -2.45. The Balaban J connectivity index is 1.78. The maximum atomic E-state index is 13.7. The van der Waals surface area contributed by atoms with E-state index in [9.17, 15) is 14.0 Å². The number of ether oxygens (including phenoxy) is 2. The SMILES string of the molecule is COc1ccc([C@H](C(=O)NC2CCCC2)N(Cc2ccc(F)cc2)C(=O)c2ccco2)cc1OC. The van der Waals surface area contributed by atoms with Gasteiger partial charge in [-0.3, -0.25) is 9.59 Å². The molecule has 1 N–H and O–H groups in total. The van der Waals surface area contributed by atoms with Crippen LogP contribution in [0.1, 0.15) is 53.4 Å². The van der Waals surface area contributed by atoms with Crippen LogP contribution in [-0.4, -0.2) is 37.0 Å². The normalized spacial score (nSPS) is 14.4. The number of furan rings is 1. The van der Waals surface area contributed by atoms with Gasteiger partial charge in [-0.1, -0.05) is 31.0 Å². The largest absolute Gasteiger partial charge is 0.493 e. The number of amides is 2. The van der Waals surface area contributed by atoms with E-state index in [1.807, 2.05) is 0 Å². The van der Waals surface area contributed by atoms with E-state index in [0.29, 0.717) is 22.6 Å². The Morgan fingerprint density at radius 3 is 2.40 bits per heavy atom. The molecule has 0 aliphatic heterocycles. The topological polar surface area (TPSA) is 81.0 Å². The monoisotopic (exact) mass is 480 g/mol. The Hall–Kier alpha value is -3.81. The Kier molecular flexibility index (Phi) is 7.70. The van der Waals surface area contributed by atoms with Gasteiger partial charge in [0.25, 0.3) is 5.91 Å². The Morgan fingerprint density at radius 1 is 1.06 bits per heavy atom. The number of halogens is 1. The highest BCUT2D eigenvalue weighted by atomic mass is 19.1. The van der Waals surface area contributed by atoms with Gasteiger partial charge in [0.1, 0.15) is 11.9 Å². The fraction of sp³-hybridized carbons (Fsp3) is 0.333. The molecule has 1 aliphatic rings. The molecule has 1 saturated carbocycles. The van der Waals surface area contributed by atoms with Crippen molar-refractivity contribution in [1.29, 1.82) is 0 Å². The number of nitrogens with zero attached hydrogens (tertiary/aromatic N) is 1. The molecule has 3 aromatic rings. The zero-order chi connectivity index (χ0) is 24.8. The summed E-state index contributed by atoms with van der Waals surface area (Å²) < 4.78 is 29.8. The summed E-state index contributed by atoms with van der Waals surface area (Å²) in [6, 6.07) is 13.2. The fourth-order valence-electron chi connectivity index (χ4n) is 4.45. The summed E-state index contributed by atoms with van der Waals surface area (Å²) in [5, 5.41) is 3.12. The van der Waals surface area contributed by atoms with Crippen molar-refractivity contribution in [3.8, 4) is 11.5 Å². The van der Waals surface area contributed by atoms with Crippen LogP contribution in [0.3, 0.4) is 0 Å². The van der Waals surface area contributed by atoms with E-state index < -0.39 is 11.9 Å². The molecule has 184 valence electrons. The molecule has 1 aliphatic carbocycles. The number of benzene rings is 2. The molecule has 0 saturated heterocycles. The highest BCUT2D eigenvalue weighted by molar-refractivity contribution is 5.96. The average molecular weight is 481 g/mol. The zero-order valence-corrected chi connectivity index (χ0v) is 19.8. The lowest BCUT2D eigenvalue weighted by Gasteiger charge is -2.32. The number of rotatable bonds is 9. The first-order valence-electron chi connectivity index (χ1n) is 11.6. The van der Waals surface area contributed by atoms with Gasteiger partial charge in [0.2, 0.25) is 5.91 Å². The van der Waals surface area contributed by atoms with Gasteiger partial charge in [-0.15, -0.1) is 0 Å². The van der Waals surface area contributed by atoms with Gasteiger partial charge in [0.05, 0.1) is 20.5 Å². The van der Waals surface area contributed by atoms with Gasteiger partial charge < -0.3 is 24.1 Å². The molecule has 2 amide bonds. The molecule has 35 heavy (non-hydrogen) atoms. The molecule has 1 fully saturated rings. The molecule has 0 radical (unpaired) electrons. The van der Waals surface area contributed by atoms with Crippen LogP contribution in [0.15, 0.2) is 65.3 Å². The van der Waals surface area contributed by atoms with E-state index >= 15 is 0 Å². The molecule has 0 unspecified atom stereocenters. The summed E-state index contributed by atoms with van der Waals surface area (Å²) >= 11 is 0. The number of hydrogen-bond acceptors (Lipinski definition) is 5. The first-order chi connectivity index (χ1) is 17.0. The van der Waals surface area contributed by atoms with Crippen LogP contribution >= 0.6 is 0 Å². The molecule has 4 rings (SSSR count). The number of hydrogen-bond donors (Lipinski definition) is 1. The first-order valence-corrected chi connectivity index (χ1v) is 11.6. The lowest BCUT2D eigenvalue weighted by atomic mass is 10.0. The van der Waals surface area contributed by atoms with Gasteiger partial charge in [-0.2, -0.15) is 0 Å². The third kappa shape index (κ3) is 5.65. The van der Waals surface area contributed by atoms with Gasteiger partial charge in [-0.25, -0.2) is 4.39 Å². The minimum atomic E-state index is -0.988. The molecule has 8 heteroatoms. The van der Waals surface area contributed by atoms with Crippen LogP contribution in [-0.2, 0) is 11.3 Å². The summed E-state index contributed by atoms with van der Waals surface area (Å²) in [4.78, 5) is 28.8. The summed E-state index contributed by atoms with van der Waals surface area (Å²) in [5.74, 6) is -0.0874. The number of carbonyl (C=O) groups excluding carboxylic acids is 2. The standard InChI is InChI=1S/C27H29FN2O5/c1-33-22-14-11-19(16-24(22)34-2)25(26(31)29-21-6-3-4-7-21)30(27(32)23-8-5-15-35-23)17-18-9-12-20(28)13-10-18/h5,8-16,21,25H,3-4,6-7,17H2,1-2H3,(H,29,31)/t25-/m1/s1. The van der Waals surface area contributed by atoms with E-state index in [2.05, 4.69) is 5.32 Å². The highest BCUT2D eigenvalue weighted by Gasteiger charge is 2.35. The van der Waals surface area contributed by atoms with Crippen molar-refractivity contribution < 1.29 is 27.9 Å². The van der Waals surface area contributed by atoms with Crippen molar-refractivity contribution in [3.63, 3.8) is 0 Å². The van der Waals surface area contributed by atoms with Gasteiger partial charge in [0.15, 0.2) is 17.3 Å². The molecule has 1 aromatic heterocycles. The van der Waals surface area contributed by atoms with Crippen molar-refractivity contribution in [2.45, 2.75) is 44.3 Å². The summed E-state index contributed by atoms with van der Waals surface area (Å²) in [6.45, 7) is 0.0664. The summed E-state index contributed by atoms with van der Waals surface area (Å²) in [5.41, 5.74) is 1.23. The molecule has 0 spiro atoms. The maximum absolute atomic E-state index is 13.7. The molecule has 7 nitrogen and oxygen atoms in total. The van der Waals surface area contributed by atoms with Crippen LogP contribution in [0.2, 0.25) is 0 Å². The van der Waals surface area contributed by atoms with Crippen LogP contribution < -0.4 is 14.8 Å². The van der Waals surface area contributed by atoms with E-state index in [1.54, 1.807) is 42.5 Å². The van der Waals surface area contributed by atoms with Crippen LogP contribution in [0.5, 0.6) is 11.5 Å². The van der Waals surface area contributed by atoms with Crippen LogP contribution in [0, 0.1) is 5.82 Å². The Morgan fingerprint density at radius 2 is 1.77 bits per heavy atom. The van der Waals surface area contributed by atoms with Gasteiger partial charge >= 0.3 is 0 Å². The van der Waals surface area contributed by atoms with Gasteiger partial charge in [-0.05, 0) is 60.4 Å². The van der Waals surface area contributed by atoms with Crippen molar-refractivity contribution in [1.82, 2.24) is 10.2 Å². The van der Waals surface area contributed by atoms with Crippen molar-refractivity contribution >= 4 is 11.8 Å². The molecular formula is C27H29FN2O5. The van der Waals surface area contributed by atoms with Crippen molar-refractivity contribution in [2.75, 3.05) is 14.2 Å². The predicted octanol–water partition coefficient (Wildman–Crippen LogP) is 4.88. The lowest BCUT2D eigenvalue weighted by molar-refractivity contribution is -0.126. The predicted molar refractivity (Wildman–Crippen MR) is 128 cm³/mol. The molecule has 0 bridgehead atoms. The quantitative estimate of drug-likeness (QED) is 0.472. The number of carbonyl (C=O) groups is 2. The summed E-state index contributed by atoms with van der Waals surface area (Å²) in [7, 11) is 3.04.